The minimum Gasteiger partial charge on any atom is -0.550 e. The van der Waals surface area contributed by atoms with Crippen molar-refractivity contribution in [1.82, 2.24) is 0 Å². The average Bonchev–Trinajstić information content (AvgIpc) is 2.76. The summed E-state index contributed by atoms with van der Waals surface area (Å²) in [5, 5.41) is 34.0. The first-order chi connectivity index (χ1) is 15.7. The third-order valence-electron chi connectivity index (χ3n) is 13.2. The van der Waals surface area contributed by atoms with E-state index in [0.717, 1.165) is 64.2 Å². The molecule has 4 nitrogen and oxygen atoms in total. The predicted octanol–water partition coefficient (Wildman–Crippen LogP) is 1.88. The van der Waals surface area contributed by atoms with Gasteiger partial charge < -0.3 is 20.1 Å². The van der Waals surface area contributed by atoms with Crippen LogP contribution < -0.4 is 34.7 Å². The Morgan fingerprint density at radius 1 is 0.971 bits per heavy atom. The van der Waals surface area contributed by atoms with Gasteiger partial charge in [-0.25, -0.2) is 0 Å². The van der Waals surface area contributed by atoms with Gasteiger partial charge in [-0.2, -0.15) is 0 Å². The molecule has 35 heavy (non-hydrogen) atoms. The number of fused-ring (bicyclic) bond motifs is 7. The van der Waals surface area contributed by atoms with Crippen LogP contribution in [0.15, 0.2) is 11.6 Å². The standard InChI is InChI=1S/C30H48O4.Na/c1-25(2)13-15-30(24(33)34)16-14-28(5)19(20(30)17-25)7-8-22-26(3)11-10-23(32)27(4,18-31)21(26)9-12-29(22,28)6;/h7,20-23,31-32H,8-18H2,1-6H3,(H,33,34);/q;+1/p-1/t20-,21+,22+,23-,26-,27-,28+,29+,30-;/m0./s1. The van der Waals surface area contributed by atoms with Crippen LogP contribution in [-0.2, 0) is 4.79 Å². The Bertz CT molecular complexity index is 914. The number of aliphatic hydroxyl groups excluding tert-OH is 2. The number of rotatable bonds is 2. The van der Waals surface area contributed by atoms with E-state index < -0.39 is 22.9 Å². The zero-order valence-corrected chi connectivity index (χ0v) is 25.4. The molecule has 0 bridgehead atoms. The van der Waals surface area contributed by atoms with Crippen LogP contribution >= 0.6 is 0 Å². The fraction of sp³-hybridized carbons (Fsp3) is 0.900. The van der Waals surface area contributed by atoms with Crippen molar-refractivity contribution in [2.45, 2.75) is 112 Å². The predicted molar refractivity (Wildman–Crippen MR) is 131 cm³/mol. The van der Waals surface area contributed by atoms with Crippen LogP contribution in [0.25, 0.3) is 0 Å². The monoisotopic (exact) mass is 494 g/mol. The van der Waals surface area contributed by atoms with Gasteiger partial charge in [-0.15, -0.1) is 0 Å². The first-order valence-electron chi connectivity index (χ1n) is 13.9. The van der Waals surface area contributed by atoms with Crippen LogP contribution in [0.4, 0.5) is 0 Å². The van der Waals surface area contributed by atoms with Gasteiger partial charge in [-0.05, 0) is 104 Å². The number of aliphatic carboxylic acids is 1. The first kappa shape index (κ1) is 28.1. The molecular formula is C30H47NaO4. The van der Waals surface area contributed by atoms with E-state index in [9.17, 15) is 20.1 Å². The van der Waals surface area contributed by atoms with Gasteiger partial charge >= 0.3 is 29.6 Å². The summed E-state index contributed by atoms with van der Waals surface area (Å²) >= 11 is 0. The van der Waals surface area contributed by atoms with Gasteiger partial charge in [0.15, 0.2) is 0 Å². The molecule has 4 saturated carbocycles. The van der Waals surface area contributed by atoms with E-state index in [1.54, 1.807) is 0 Å². The number of carbonyl (C=O) groups is 1. The number of allylic oxidation sites excluding steroid dienone is 2. The summed E-state index contributed by atoms with van der Waals surface area (Å²) in [7, 11) is 0. The summed E-state index contributed by atoms with van der Waals surface area (Å²) < 4.78 is 0. The van der Waals surface area contributed by atoms with Crippen molar-refractivity contribution >= 4 is 5.97 Å². The SMILES string of the molecule is CC1(C)CC[C@]2(C(=O)[O-])CC[C@]3(C)C(=CC[C@@H]4[C@@]5(C)CC[C@H](O)[C@@](C)(CO)[C@@H]5CC[C@]43C)[C@@H]2C1.[Na+]. The molecule has 5 heteroatoms. The molecule has 5 rings (SSSR count). The second kappa shape index (κ2) is 8.57. The van der Waals surface area contributed by atoms with Gasteiger partial charge in [-0.3, -0.25) is 0 Å². The zero-order valence-electron chi connectivity index (χ0n) is 23.4. The molecule has 0 aromatic heterocycles. The zero-order chi connectivity index (χ0) is 24.9. The second-order valence-electron chi connectivity index (χ2n) is 14.9. The molecule has 0 heterocycles. The molecule has 5 aliphatic carbocycles. The Balaban J connectivity index is 0.00000289. The molecule has 0 spiro atoms. The molecule has 0 amide bonds. The summed E-state index contributed by atoms with van der Waals surface area (Å²) in [6, 6.07) is 0. The Hall–Kier alpha value is 0.130. The van der Waals surface area contributed by atoms with E-state index in [1.807, 2.05) is 0 Å². The van der Waals surface area contributed by atoms with E-state index in [4.69, 9.17) is 0 Å². The molecule has 192 valence electrons. The fourth-order valence-electron chi connectivity index (χ4n) is 10.6. The van der Waals surface area contributed by atoms with Crippen LogP contribution in [-0.4, -0.2) is 28.9 Å². The fourth-order valence-corrected chi connectivity index (χ4v) is 10.6. The number of hydrogen-bond donors (Lipinski definition) is 2. The summed E-state index contributed by atoms with van der Waals surface area (Å²) in [6.45, 7) is 14.2. The van der Waals surface area contributed by atoms with Crippen molar-refractivity contribution in [3.63, 3.8) is 0 Å². The van der Waals surface area contributed by atoms with E-state index in [0.29, 0.717) is 11.8 Å². The Kier molecular flexibility index (Phi) is 6.89. The van der Waals surface area contributed by atoms with Crippen LogP contribution in [0.1, 0.15) is 106 Å². The normalized spacial score (nSPS) is 52.5. The maximum absolute atomic E-state index is 12.7. The average molecular weight is 495 g/mol. The molecule has 0 aromatic rings. The van der Waals surface area contributed by atoms with Gasteiger partial charge in [0, 0.05) is 16.8 Å². The summed E-state index contributed by atoms with van der Waals surface area (Å²) in [6.07, 6.45) is 11.2. The molecule has 5 aliphatic rings. The van der Waals surface area contributed by atoms with Crippen LogP contribution in [0, 0.1) is 50.2 Å². The molecule has 4 fully saturated rings. The Morgan fingerprint density at radius 3 is 2.26 bits per heavy atom. The molecule has 2 N–H and O–H groups in total. The number of carboxylic acids is 1. The Morgan fingerprint density at radius 2 is 1.63 bits per heavy atom. The minimum absolute atomic E-state index is 0. The third kappa shape index (κ3) is 3.51. The maximum Gasteiger partial charge on any atom is 1.00 e. The number of aliphatic hydroxyl groups is 2. The molecule has 0 radical (unpaired) electrons. The largest absolute Gasteiger partial charge is 1.00 e. The quantitative estimate of drug-likeness (QED) is 0.454. The molecular weight excluding hydrogens is 447 g/mol. The maximum atomic E-state index is 12.7. The van der Waals surface area contributed by atoms with E-state index in [2.05, 4.69) is 47.6 Å². The Labute approximate surface area is 235 Å². The molecule has 9 atom stereocenters. The number of hydrogen-bond acceptors (Lipinski definition) is 4. The van der Waals surface area contributed by atoms with Gasteiger partial charge in [0.2, 0.25) is 0 Å². The van der Waals surface area contributed by atoms with Crippen molar-refractivity contribution < 1.29 is 49.7 Å². The molecule has 0 saturated heterocycles. The molecule has 0 unspecified atom stereocenters. The van der Waals surface area contributed by atoms with Crippen molar-refractivity contribution in [3.8, 4) is 0 Å². The van der Waals surface area contributed by atoms with E-state index in [1.165, 1.54) is 5.57 Å². The third-order valence-corrected chi connectivity index (χ3v) is 13.2. The summed E-state index contributed by atoms with van der Waals surface area (Å²) in [5.74, 6) is 0.0564. The van der Waals surface area contributed by atoms with Crippen molar-refractivity contribution in [2.75, 3.05) is 6.61 Å². The van der Waals surface area contributed by atoms with Gasteiger partial charge in [0.05, 0.1) is 12.7 Å². The van der Waals surface area contributed by atoms with Crippen molar-refractivity contribution in [2.24, 2.45) is 50.2 Å². The van der Waals surface area contributed by atoms with Gasteiger partial charge in [0.1, 0.15) is 0 Å². The minimum atomic E-state index is -0.820. The van der Waals surface area contributed by atoms with E-state index >= 15 is 0 Å². The van der Waals surface area contributed by atoms with Crippen molar-refractivity contribution in [1.29, 1.82) is 0 Å². The van der Waals surface area contributed by atoms with Crippen LogP contribution in [0.3, 0.4) is 0 Å². The smallest absolute Gasteiger partial charge is 0.550 e. The van der Waals surface area contributed by atoms with Crippen molar-refractivity contribution in [3.05, 3.63) is 11.6 Å². The number of carboxylic acid groups (broad SMARTS) is 1. The molecule has 0 aliphatic heterocycles. The van der Waals surface area contributed by atoms with Gasteiger partial charge in [-0.1, -0.05) is 53.2 Å². The topological polar surface area (TPSA) is 80.6 Å². The van der Waals surface area contributed by atoms with Crippen LogP contribution in [0.2, 0.25) is 0 Å². The summed E-state index contributed by atoms with van der Waals surface area (Å²) in [5.41, 5.74) is 0.611. The van der Waals surface area contributed by atoms with Gasteiger partial charge in [0.25, 0.3) is 0 Å². The second-order valence-corrected chi connectivity index (χ2v) is 14.9. The molecule has 0 aromatic carbocycles. The summed E-state index contributed by atoms with van der Waals surface area (Å²) in [4.78, 5) is 12.7. The van der Waals surface area contributed by atoms with E-state index in [-0.39, 0.29) is 63.7 Å². The van der Waals surface area contributed by atoms with Crippen LogP contribution in [0.5, 0.6) is 0 Å². The first-order valence-corrected chi connectivity index (χ1v) is 13.9. The number of carbonyl (C=O) groups excluding carboxylic acids is 1.